The summed E-state index contributed by atoms with van der Waals surface area (Å²) in [6, 6.07) is 85.9. The first kappa shape index (κ1) is 35.3. The van der Waals surface area contributed by atoms with Crippen molar-refractivity contribution in [3.8, 4) is 55.6 Å². The molecule has 294 valence electrons. The van der Waals surface area contributed by atoms with Crippen LogP contribution >= 0.6 is 0 Å². The van der Waals surface area contributed by atoms with Gasteiger partial charge < -0.3 is 0 Å². The number of hydrogen-bond donors (Lipinski definition) is 0. The topological polar surface area (TPSA) is 0 Å². The van der Waals surface area contributed by atoms with Gasteiger partial charge in [-0.2, -0.15) is 0 Å². The van der Waals surface area contributed by atoms with Crippen molar-refractivity contribution >= 4 is 43.1 Å². The summed E-state index contributed by atoms with van der Waals surface area (Å²) >= 11 is 0. The Hall–Kier alpha value is -8.32. The summed E-state index contributed by atoms with van der Waals surface area (Å²) in [5.41, 5.74) is 12.6. The van der Waals surface area contributed by atoms with E-state index < -0.39 is 0 Å². The van der Waals surface area contributed by atoms with E-state index in [2.05, 4.69) is 231 Å². The molecule has 64 heavy (non-hydrogen) atoms. The molecule has 0 fully saturated rings. The van der Waals surface area contributed by atoms with Gasteiger partial charge in [0.1, 0.15) is 0 Å². The molecule has 14 rings (SSSR count). The Labute approximate surface area is 369 Å². The molecule has 0 atom stereocenters. The third kappa shape index (κ3) is 4.88. The average Bonchev–Trinajstić information content (AvgIpc) is 3.87. The van der Waals surface area contributed by atoms with E-state index in [9.17, 15) is 0 Å². The highest BCUT2D eigenvalue weighted by molar-refractivity contribution is 6.13. The molecule has 0 saturated carbocycles. The van der Waals surface area contributed by atoms with Crippen molar-refractivity contribution in [2.45, 2.75) is 0 Å². The van der Waals surface area contributed by atoms with Crippen molar-refractivity contribution in [3.63, 3.8) is 0 Å². The summed E-state index contributed by atoms with van der Waals surface area (Å²) in [7, 11) is 0. The Balaban J connectivity index is 1.29. The van der Waals surface area contributed by atoms with Crippen LogP contribution in [0.4, 0.5) is 0 Å². The van der Waals surface area contributed by atoms with Crippen LogP contribution in [0.25, 0.3) is 98.7 Å². The molecule has 12 aromatic rings. The Morgan fingerprint density at radius 1 is 0.203 bits per heavy atom. The molecule has 0 nitrogen and oxygen atoms in total. The largest absolute Gasteiger partial charge is 0.0622 e. The van der Waals surface area contributed by atoms with E-state index in [1.54, 1.807) is 0 Å². The highest BCUT2D eigenvalue weighted by Crippen LogP contribution is 2.47. The van der Waals surface area contributed by atoms with Gasteiger partial charge in [0.15, 0.2) is 0 Å². The van der Waals surface area contributed by atoms with Crippen LogP contribution in [0, 0.1) is 41.7 Å². The van der Waals surface area contributed by atoms with Crippen LogP contribution in [-0.4, -0.2) is 0 Å². The average molecular weight is 807 g/mol. The fraction of sp³-hybridized carbons (Fsp3) is 0. The Bertz CT molecular complexity index is 4250. The van der Waals surface area contributed by atoms with Crippen molar-refractivity contribution in [2.24, 2.45) is 0 Å². The van der Waals surface area contributed by atoms with Crippen LogP contribution < -0.4 is 0 Å². The smallest absolute Gasteiger partial charge is 0.000718 e. The van der Waals surface area contributed by atoms with Crippen LogP contribution in [-0.2, 0) is 0 Å². The maximum atomic E-state index is 2.46. The maximum absolute atomic E-state index is 2.46. The monoisotopic (exact) mass is 806 g/mol. The first-order valence-corrected chi connectivity index (χ1v) is 22.4. The third-order valence-corrected chi connectivity index (χ3v) is 14.1. The molecule has 12 aromatic carbocycles. The van der Waals surface area contributed by atoms with E-state index >= 15 is 0 Å². The lowest BCUT2D eigenvalue weighted by molar-refractivity contribution is 1.47. The predicted molar refractivity (Wildman–Crippen MR) is 267 cm³/mol. The van der Waals surface area contributed by atoms with Gasteiger partial charge in [-0.25, -0.2) is 0 Å². The van der Waals surface area contributed by atoms with Gasteiger partial charge in [0, 0.05) is 0 Å². The summed E-state index contributed by atoms with van der Waals surface area (Å²) in [4.78, 5) is 0. The van der Waals surface area contributed by atoms with Gasteiger partial charge in [0.25, 0.3) is 0 Å². The molecular formula is C64H38. The second-order valence-electron chi connectivity index (χ2n) is 17.4. The predicted octanol–water partition coefficient (Wildman–Crippen LogP) is 16.4. The normalized spacial score (nSPS) is 12.1. The van der Waals surface area contributed by atoms with Gasteiger partial charge >= 0.3 is 0 Å². The van der Waals surface area contributed by atoms with E-state index in [1.807, 2.05) is 0 Å². The summed E-state index contributed by atoms with van der Waals surface area (Å²) in [5, 5.41) is 20.8. The molecule has 0 aliphatic heterocycles. The van der Waals surface area contributed by atoms with Crippen molar-refractivity contribution in [2.75, 3.05) is 0 Å². The van der Waals surface area contributed by atoms with E-state index in [4.69, 9.17) is 0 Å². The summed E-state index contributed by atoms with van der Waals surface area (Å²) < 4.78 is 0. The summed E-state index contributed by atoms with van der Waals surface area (Å²) in [5.74, 6) is 0. The second kappa shape index (κ2) is 13.6. The molecule has 2 aliphatic carbocycles. The van der Waals surface area contributed by atoms with Crippen molar-refractivity contribution in [1.82, 2.24) is 0 Å². The fourth-order valence-corrected chi connectivity index (χ4v) is 11.6. The van der Waals surface area contributed by atoms with E-state index in [0.29, 0.717) is 0 Å². The highest BCUT2D eigenvalue weighted by atomic mass is 14.3. The maximum Gasteiger partial charge on any atom is -0.000718 e. The number of benzene rings is 12. The molecule has 0 N–H and O–H groups in total. The zero-order chi connectivity index (χ0) is 41.9. The Kier molecular flexibility index (Phi) is 7.49. The van der Waals surface area contributed by atoms with Gasteiger partial charge in [-0.3, -0.25) is 0 Å². The molecule has 0 spiro atoms. The zero-order valence-electron chi connectivity index (χ0n) is 34.9. The van der Waals surface area contributed by atoms with Gasteiger partial charge in [0.05, 0.1) is 0 Å². The fourth-order valence-electron chi connectivity index (χ4n) is 11.6. The quantitative estimate of drug-likeness (QED) is 0.152. The second-order valence-corrected chi connectivity index (χ2v) is 17.4. The summed E-state index contributed by atoms with van der Waals surface area (Å²) in [6.07, 6.45) is 0. The first-order valence-electron chi connectivity index (χ1n) is 22.4. The Morgan fingerprint density at radius 3 is 0.953 bits per heavy atom. The zero-order valence-corrected chi connectivity index (χ0v) is 34.9. The number of hydrogen-bond acceptors (Lipinski definition) is 0. The lowest BCUT2D eigenvalue weighted by atomic mass is 9.85. The molecular weight excluding hydrogens is 769 g/mol. The third-order valence-electron chi connectivity index (χ3n) is 14.1. The molecule has 0 radical (unpaired) electrons. The first-order chi connectivity index (χ1) is 31.8. The summed E-state index contributed by atoms with van der Waals surface area (Å²) in [6.45, 7) is 0. The van der Waals surface area contributed by atoms with Crippen molar-refractivity contribution in [1.29, 1.82) is 0 Å². The molecule has 0 unspecified atom stereocenters. The SMILES string of the molecule is c1ccc(-c2ccccc2-c2c3c(c(-c4ccccc4)c4ccccc24)=c2ccc4c5c(ccc=3c25)=c2c(-c3ccccc3)c3cc5ccccc5cc3c(-c3ccccc3)c2=4)cc1. The molecule has 0 aromatic heterocycles. The minimum absolute atomic E-state index is 1.22. The highest BCUT2D eigenvalue weighted by Gasteiger charge is 2.25. The number of fused-ring (bicyclic) bond motifs is 5. The molecule has 0 heterocycles. The van der Waals surface area contributed by atoms with Crippen LogP contribution in [0.15, 0.2) is 231 Å². The molecule has 2 aliphatic rings. The molecule has 0 saturated heterocycles. The minimum atomic E-state index is 1.22. The standard InChI is InChI=1S/C64H38/c1-5-19-39(20-6-1)45-29-15-16-30-46(45)58-48-32-18-17-31-47(48)55(40-21-7-2-8-22-40)61-49-33-34-50-59-51(35-36-52(60(49)59)64(58)61)63-57(42-25-11-4-12-26-42)54-38-44-28-14-13-27-43(44)37-53(54)56(62(50)63)41-23-9-3-10-24-41/h1-38H. The molecule has 0 amide bonds. The van der Waals surface area contributed by atoms with Crippen LogP contribution in [0.5, 0.6) is 0 Å². The van der Waals surface area contributed by atoms with E-state index in [0.717, 1.165) is 0 Å². The van der Waals surface area contributed by atoms with Crippen LogP contribution in [0.1, 0.15) is 0 Å². The van der Waals surface area contributed by atoms with Gasteiger partial charge in [-0.15, -0.1) is 0 Å². The lowest BCUT2D eigenvalue weighted by Gasteiger charge is -2.17. The lowest BCUT2D eigenvalue weighted by Crippen LogP contribution is -1.94. The van der Waals surface area contributed by atoms with E-state index in [-0.39, 0.29) is 0 Å². The van der Waals surface area contributed by atoms with Gasteiger partial charge in [-0.05, 0) is 153 Å². The Morgan fingerprint density at radius 2 is 0.516 bits per heavy atom. The van der Waals surface area contributed by atoms with Crippen LogP contribution in [0.2, 0.25) is 0 Å². The van der Waals surface area contributed by atoms with Gasteiger partial charge in [-0.1, -0.05) is 218 Å². The molecule has 0 heteroatoms. The van der Waals surface area contributed by atoms with Crippen molar-refractivity contribution < 1.29 is 0 Å². The number of rotatable bonds is 5. The van der Waals surface area contributed by atoms with E-state index in [1.165, 1.54) is 140 Å². The molecule has 0 bridgehead atoms. The van der Waals surface area contributed by atoms with Gasteiger partial charge in [0.2, 0.25) is 0 Å². The minimum Gasteiger partial charge on any atom is -0.0622 e. The van der Waals surface area contributed by atoms with Crippen LogP contribution in [0.3, 0.4) is 0 Å². The van der Waals surface area contributed by atoms with Crippen molar-refractivity contribution in [3.05, 3.63) is 272 Å².